The summed E-state index contributed by atoms with van der Waals surface area (Å²) in [4.78, 5) is 15.5. The molecule has 1 saturated carbocycles. The molecule has 9 heteroatoms. The Bertz CT molecular complexity index is 861. The quantitative estimate of drug-likeness (QED) is 0.873. The van der Waals surface area contributed by atoms with Crippen molar-refractivity contribution in [1.82, 2.24) is 15.0 Å². The molecule has 26 heavy (non-hydrogen) atoms. The van der Waals surface area contributed by atoms with Crippen LogP contribution in [0.25, 0.3) is 11.3 Å². The molecule has 5 rings (SSSR count). The highest BCUT2D eigenvalue weighted by molar-refractivity contribution is 5.67. The van der Waals surface area contributed by atoms with Crippen molar-refractivity contribution in [3.63, 3.8) is 0 Å². The van der Waals surface area contributed by atoms with E-state index in [0.29, 0.717) is 35.9 Å². The van der Waals surface area contributed by atoms with Crippen LogP contribution < -0.4 is 15.4 Å². The number of aromatic nitrogens is 3. The molecule has 0 amide bonds. The zero-order valence-corrected chi connectivity index (χ0v) is 13.8. The maximum Gasteiger partial charge on any atom is 0.387 e. The molecule has 2 aliphatic heterocycles. The highest BCUT2D eigenvalue weighted by Crippen LogP contribution is 2.41. The van der Waals surface area contributed by atoms with Crippen molar-refractivity contribution < 1.29 is 18.3 Å². The molecule has 0 radical (unpaired) electrons. The van der Waals surface area contributed by atoms with Gasteiger partial charge in [-0.05, 0) is 18.9 Å². The van der Waals surface area contributed by atoms with Crippen LogP contribution in [-0.2, 0) is 4.74 Å². The Morgan fingerprint density at radius 2 is 2.12 bits per heavy atom. The minimum Gasteiger partial charge on any atom is -0.431 e. The third kappa shape index (κ3) is 2.63. The van der Waals surface area contributed by atoms with Crippen molar-refractivity contribution in [3.05, 3.63) is 24.2 Å². The van der Waals surface area contributed by atoms with Crippen LogP contribution in [0, 0.1) is 0 Å². The summed E-state index contributed by atoms with van der Waals surface area (Å²) in [6, 6.07) is 3.68. The fourth-order valence-electron chi connectivity index (χ4n) is 3.30. The molecule has 1 unspecified atom stereocenters. The third-order valence-corrected chi connectivity index (χ3v) is 5.05. The summed E-state index contributed by atoms with van der Waals surface area (Å²) in [5.74, 6) is 1.76. The fraction of sp³-hybridized carbons (Fsp3) is 0.471. The lowest BCUT2D eigenvalue weighted by Crippen LogP contribution is -2.71. The summed E-state index contributed by atoms with van der Waals surface area (Å²) in [7, 11) is 0. The van der Waals surface area contributed by atoms with E-state index in [1.54, 1.807) is 0 Å². The van der Waals surface area contributed by atoms with Crippen LogP contribution in [0.3, 0.4) is 0 Å². The molecule has 3 aliphatic rings. The number of hydrogen-bond donors (Lipinski definition) is 1. The van der Waals surface area contributed by atoms with Crippen molar-refractivity contribution in [2.45, 2.75) is 37.5 Å². The molecular formula is C17H17F2N5O2. The van der Waals surface area contributed by atoms with Crippen LogP contribution in [0.4, 0.5) is 20.4 Å². The monoisotopic (exact) mass is 361 g/mol. The number of pyridine rings is 1. The zero-order chi connectivity index (χ0) is 17.8. The predicted octanol–water partition coefficient (Wildman–Crippen LogP) is 2.19. The number of alkyl halides is 2. The van der Waals surface area contributed by atoms with Crippen LogP contribution in [0.1, 0.15) is 24.6 Å². The van der Waals surface area contributed by atoms with Gasteiger partial charge >= 0.3 is 6.61 Å². The standard InChI is InChI=1S/C17H17F2N5O2/c18-17(19)26-12-3-9(5-21-15(12)20)10-4-14(23-16(22-10)8-1-2-8)24-6-13-11(24)7-25-13/h3-5,8,11,13,17H,1-2,6-7H2,(H2,20,21)/t11-,13?/m1/s1. The lowest BCUT2D eigenvalue weighted by Gasteiger charge is -2.55. The topological polar surface area (TPSA) is 86.4 Å². The van der Waals surface area contributed by atoms with Crippen molar-refractivity contribution in [1.29, 1.82) is 0 Å². The molecule has 2 N–H and O–H groups in total. The summed E-state index contributed by atoms with van der Waals surface area (Å²) < 4.78 is 35.1. The molecular weight excluding hydrogens is 344 g/mol. The molecule has 2 saturated heterocycles. The molecule has 2 aromatic heterocycles. The molecule has 0 aromatic carbocycles. The smallest absolute Gasteiger partial charge is 0.387 e. The number of nitrogen functional groups attached to an aromatic ring is 1. The second-order valence-electron chi connectivity index (χ2n) is 6.82. The van der Waals surface area contributed by atoms with Crippen molar-refractivity contribution in [3.8, 4) is 17.0 Å². The highest BCUT2D eigenvalue weighted by Gasteiger charge is 2.48. The maximum absolute atomic E-state index is 12.6. The first-order chi connectivity index (χ1) is 12.6. The van der Waals surface area contributed by atoms with Gasteiger partial charge in [-0.15, -0.1) is 0 Å². The number of morpholine rings is 1. The second-order valence-corrected chi connectivity index (χ2v) is 6.82. The van der Waals surface area contributed by atoms with Gasteiger partial charge in [-0.3, -0.25) is 0 Å². The Balaban J connectivity index is 1.52. The average Bonchev–Trinajstić information content (AvgIpc) is 3.43. The number of halogens is 2. The fourth-order valence-corrected chi connectivity index (χ4v) is 3.30. The van der Waals surface area contributed by atoms with Gasteiger partial charge in [-0.25, -0.2) is 15.0 Å². The molecule has 0 bridgehead atoms. The highest BCUT2D eigenvalue weighted by atomic mass is 19.3. The van der Waals surface area contributed by atoms with Gasteiger partial charge in [-0.2, -0.15) is 8.78 Å². The van der Waals surface area contributed by atoms with E-state index < -0.39 is 6.61 Å². The number of fused-ring (bicyclic) bond motifs is 1. The van der Waals surface area contributed by atoms with E-state index in [1.165, 1.54) is 12.3 Å². The molecule has 136 valence electrons. The predicted molar refractivity (Wildman–Crippen MR) is 89.2 cm³/mol. The lowest BCUT2D eigenvalue weighted by atomic mass is 9.95. The largest absolute Gasteiger partial charge is 0.431 e. The molecule has 7 nitrogen and oxygen atoms in total. The van der Waals surface area contributed by atoms with Gasteiger partial charge < -0.3 is 20.1 Å². The Hall–Kier alpha value is -2.55. The normalized spacial score (nSPS) is 24.0. The van der Waals surface area contributed by atoms with Gasteiger partial charge in [-0.1, -0.05) is 0 Å². The molecule has 3 fully saturated rings. The van der Waals surface area contributed by atoms with Gasteiger partial charge in [0.2, 0.25) is 0 Å². The molecule has 0 spiro atoms. The molecule has 1 aliphatic carbocycles. The number of rotatable bonds is 5. The van der Waals surface area contributed by atoms with Crippen LogP contribution in [0.15, 0.2) is 18.3 Å². The second kappa shape index (κ2) is 5.73. The minimum absolute atomic E-state index is 0.0806. The van der Waals surface area contributed by atoms with E-state index in [-0.39, 0.29) is 11.6 Å². The number of ether oxygens (including phenoxy) is 2. The average molecular weight is 361 g/mol. The van der Waals surface area contributed by atoms with Crippen LogP contribution in [0.2, 0.25) is 0 Å². The first kappa shape index (κ1) is 15.7. The van der Waals surface area contributed by atoms with Gasteiger partial charge in [0, 0.05) is 30.3 Å². The lowest BCUT2D eigenvalue weighted by molar-refractivity contribution is -0.113. The summed E-state index contributed by atoms with van der Waals surface area (Å²) in [6.07, 6.45) is 3.94. The summed E-state index contributed by atoms with van der Waals surface area (Å²) in [5, 5.41) is 0. The van der Waals surface area contributed by atoms with E-state index in [4.69, 9.17) is 15.5 Å². The summed E-state index contributed by atoms with van der Waals surface area (Å²) >= 11 is 0. The SMILES string of the molecule is Nc1ncc(-c2cc(N3CC4OC[C@H]43)nc(C3CC3)n2)cc1OC(F)F. The van der Waals surface area contributed by atoms with E-state index >= 15 is 0 Å². The number of hydrogen-bond acceptors (Lipinski definition) is 7. The number of nitrogens with zero attached hydrogens (tertiary/aromatic N) is 4. The first-order valence-electron chi connectivity index (χ1n) is 8.56. The van der Waals surface area contributed by atoms with Crippen LogP contribution in [-0.4, -0.2) is 46.9 Å². The third-order valence-electron chi connectivity index (χ3n) is 5.05. The van der Waals surface area contributed by atoms with E-state index in [1.807, 2.05) is 6.07 Å². The van der Waals surface area contributed by atoms with Gasteiger partial charge in [0.15, 0.2) is 11.6 Å². The van der Waals surface area contributed by atoms with Crippen LogP contribution in [0.5, 0.6) is 5.75 Å². The van der Waals surface area contributed by atoms with Crippen molar-refractivity contribution in [2.75, 3.05) is 23.8 Å². The summed E-state index contributed by atoms with van der Waals surface area (Å²) in [5.41, 5.74) is 6.83. The molecule has 2 atom stereocenters. The maximum atomic E-state index is 12.6. The first-order valence-corrected chi connectivity index (χ1v) is 8.56. The van der Waals surface area contributed by atoms with E-state index in [2.05, 4.69) is 19.6 Å². The number of anilines is 2. The van der Waals surface area contributed by atoms with Gasteiger partial charge in [0.25, 0.3) is 0 Å². The Kier molecular flexibility index (Phi) is 3.46. The summed E-state index contributed by atoms with van der Waals surface area (Å²) in [6.45, 7) is -1.45. The van der Waals surface area contributed by atoms with Crippen molar-refractivity contribution >= 4 is 11.6 Å². The molecule has 4 heterocycles. The Morgan fingerprint density at radius 3 is 2.73 bits per heavy atom. The number of nitrogens with two attached hydrogens (primary N) is 1. The van der Waals surface area contributed by atoms with Gasteiger partial charge in [0.1, 0.15) is 11.6 Å². The van der Waals surface area contributed by atoms with Crippen LogP contribution >= 0.6 is 0 Å². The minimum atomic E-state index is -2.96. The van der Waals surface area contributed by atoms with E-state index in [9.17, 15) is 8.78 Å². The van der Waals surface area contributed by atoms with Gasteiger partial charge in [0.05, 0.1) is 24.4 Å². The Labute approximate surface area is 148 Å². The van der Waals surface area contributed by atoms with Crippen molar-refractivity contribution in [2.24, 2.45) is 0 Å². The van der Waals surface area contributed by atoms with E-state index in [0.717, 1.165) is 31.0 Å². The Morgan fingerprint density at radius 1 is 1.27 bits per heavy atom. The molecule has 2 aromatic rings. The zero-order valence-electron chi connectivity index (χ0n) is 13.8.